The fraction of sp³-hybridized carbons (Fsp3) is 0.714. The van der Waals surface area contributed by atoms with Gasteiger partial charge in [0.2, 0.25) is 0 Å². The van der Waals surface area contributed by atoms with Crippen molar-refractivity contribution in [3.8, 4) is 5.75 Å². The van der Waals surface area contributed by atoms with E-state index in [1.807, 2.05) is 37.3 Å². The van der Waals surface area contributed by atoms with Crippen LogP contribution in [0.25, 0.3) is 0 Å². The van der Waals surface area contributed by atoms with Crippen molar-refractivity contribution in [2.75, 3.05) is 13.7 Å². The molecule has 9 heteroatoms. The summed E-state index contributed by atoms with van der Waals surface area (Å²) >= 11 is 0. The van der Waals surface area contributed by atoms with Crippen LogP contribution in [0.5, 0.6) is 5.75 Å². The number of esters is 1. The molecular weight excluding hydrogens is 661 g/mol. The molecule has 0 radical (unpaired) electrons. The van der Waals surface area contributed by atoms with Gasteiger partial charge in [0.25, 0.3) is 0 Å². The molecule has 1 heterocycles. The zero-order valence-electron chi connectivity index (χ0n) is 33.2. The van der Waals surface area contributed by atoms with E-state index < -0.39 is 20.4 Å². The number of carboxylic acid groups (broad SMARTS) is 1. The summed E-state index contributed by atoms with van der Waals surface area (Å²) in [6.45, 7) is 20.8. The van der Waals surface area contributed by atoms with Gasteiger partial charge in [0.05, 0.1) is 44.5 Å². The normalized spacial score (nSPS) is 32.6. The molecule has 0 spiro atoms. The van der Waals surface area contributed by atoms with Gasteiger partial charge in [-0.1, -0.05) is 79.2 Å². The highest BCUT2D eigenvalue weighted by atomic mass is 28.4. The number of aliphatic hydroxyl groups is 1. The summed E-state index contributed by atoms with van der Waals surface area (Å²) in [5, 5.41) is 21.1. The molecular formula is C42H68O8Si. The summed E-state index contributed by atoms with van der Waals surface area (Å²) in [5.41, 5.74) is 1.05. The van der Waals surface area contributed by atoms with Crippen molar-refractivity contribution < 1.29 is 38.4 Å². The van der Waals surface area contributed by atoms with Gasteiger partial charge in [0.15, 0.2) is 8.32 Å². The number of cyclic esters (lactones) is 1. The molecule has 0 saturated heterocycles. The quantitative estimate of drug-likeness (QED) is 0.191. The Hall–Kier alpha value is -2.46. The number of carbonyl (C=O) groups is 2. The van der Waals surface area contributed by atoms with Crippen LogP contribution in [0, 0.1) is 35.5 Å². The maximum Gasteiger partial charge on any atom is 0.334 e. The number of ether oxygens (including phenoxy) is 3. The summed E-state index contributed by atoms with van der Waals surface area (Å²) in [7, 11) is -0.543. The summed E-state index contributed by atoms with van der Waals surface area (Å²) in [4.78, 5) is 26.2. The lowest BCUT2D eigenvalue weighted by Gasteiger charge is -2.41. The number of hydrogen-bond acceptors (Lipinski definition) is 7. The molecule has 1 aliphatic heterocycles. The van der Waals surface area contributed by atoms with E-state index in [0.29, 0.717) is 31.5 Å². The van der Waals surface area contributed by atoms with Crippen molar-refractivity contribution in [3.63, 3.8) is 0 Å². The fourth-order valence-electron chi connectivity index (χ4n) is 7.83. The summed E-state index contributed by atoms with van der Waals surface area (Å²) < 4.78 is 24.9. The minimum absolute atomic E-state index is 0.00171. The van der Waals surface area contributed by atoms with Crippen molar-refractivity contribution >= 4 is 20.3 Å². The molecule has 1 saturated carbocycles. The second-order valence-corrected chi connectivity index (χ2v) is 22.0. The van der Waals surface area contributed by atoms with E-state index in [0.717, 1.165) is 49.8 Å². The van der Waals surface area contributed by atoms with Crippen molar-refractivity contribution in [3.05, 3.63) is 53.6 Å². The van der Waals surface area contributed by atoms with E-state index in [2.05, 4.69) is 54.6 Å². The van der Waals surface area contributed by atoms with E-state index in [1.54, 1.807) is 13.2 Å². The van der Waals surface area contributed by atoms with E-state index in [-0.39, 0.29) is 58.9 Å². The summed E-state index contributed by atoms with van der Waals surface area (Å²) in [5.74, 6) is 0.356. The number of hydrogen-bond donors (Lipinski definition) is 2. The van der Waals surface area contributed by atoms with Gasteiger partial charge in [-0.05, 0) is 104 Å². The first-order valence-electron chi connectivity index (χ1n) is 19.3. The smallest absolute Gasteiger partial charge is 0.334 e. The summed E-state index contributed by atoms with van der Waals surface area (Å²) in [6.07, 6.45) is 9.50. The number of carbonyl (C=O) groups excluding carboxylic acids is 1. The highest BCUT2D eigenvalue weighted by Crippen LogP contribution is 2.41. The van der Waals surface area contributed by atoms with Gasteiger partial charge in [0, 0.05) is 12.3 Å². The fourth-order valence-corrected chi connectivity index (χ4v) is 9.26. The predicted octanol–water partition coefficient (Wildman–Crippen LogP) is 9.37. The lowest BCUT2D eigenvalue weighted by atomic mass is 9.82. The first-order chi connectivity index (χ1) is 23.9. The Morgan fingerprint density at radius 2 is 1.63 bits per heavy atom. The van der Waals surface area contributed by atoms with Crippen LogP contribution < -0.4 is 4.74 Å². The highest BCUT2D eigenvalue weighted by Gasteiger charge is 2.42. The van der Waals surface area contributed by atoms with Crippen molar-refractivity contribution in [1.29, 1.82) is 0 Å². The van der Waals surface area contributed by atoms with Gasteiger partial charge in [0.1, 0.15) is 11.9 Å². The third kappa shape index (κ3) is 13.2. The van der Waals surface area contributed by atoms with Crippen molar-refractivity contribution in [2.45, 2.75) is 143 Å². The van der Waals surface area contributed by atoms with Crippen LogP contribution in [0.15, 0.2) is 48.1 Å². The molecule has 288 valence electrons. The molecule has 1 aromatic carbocycles. The van der Waals surface area contributed by atoms with Crippen LogP contribution in [0.4, 0.5) is 0 Å². The standard InChI is InChI=1S/C42H68O8Si/c1-28-22-29(2)24-31(4)40(44)36(41(45)46)15-11-12-17-37(49-39(43)25-38(30(3)23-28)50-51(9,10)42(5,6)7)35-16-13-14-33(35)27-48-26-32-18-20-34(47-8)21-19-32/h11-12,15,18-21,28-31,33,35,37-38,40,44H,13-14,16-17,22-27H2,1-10H3,(H,45,46)/b12-11+,36-15+/t28-,29+,30-,31-,33-,35+,37-,38-,40-/m0/s1. The first-order valence-corrected chi connectivity index (χ1v) is 22.2. The van der Waals surface area contributed by atoms with Crippen LogP contribution in [0.2, 0.25) is 18.1 Å². The molecule has 0 aromatic heterocycles. The topological polar surface area (TPSA) is 112 Å². The minimum Gasteiger partial charge on any atom is -0.497 e. The van der Waals surface area contributed by atoms with Crippen LogP contribution in [0.3, 0.4) is 0 Å². The number of aliphatic carboxylic acids is 1. The average molecular weight is 729 g/mol. The molecule has 0 amide bonds. The number of aliphatic hydroxyl groups excluding tert-OH is 1. The lowest BCUT2D eigenvalue weighted by Crippen LogP contribution is -2.46. The second kappa shape index (κ2) is 19.6. The van der Waals surface area contributed by atoms with Gasteiger partial charge >= 0.3 is 11.9 Å². The molecule has 3 rings (SSSR count). The Kier molecular flexibility index (Phi) is 16.5. The van der Waals surface area contributed by atoms with E-state index in [4.69, 9.17) is 18.6 Å². The Labute approximate surface area is 309 Å². The van der Waals surface area contributed by atoms with Crippen LogP contribution in [-0.2, 0) is 30.1 Å². The van der Waals surface area contributed by atoms with Gasteiger partial charge < -0.3 is 28.8 Å². The largest absolute Gasteiger partial charge is 0.497 e. The molecule has 2 aliphatic rings. The number of benzene rings is 1. The van der Waals surface area contributed by atoms with Crippen LogP contribution >= 0.6 is 0 Å². The average Bonchev–Trinajstić information content (AvgIpc) is 3.50. The SMILES string of the molecule is COc1ccc(COC[C@@H]2CCC[C@H]2[C@@H]2C/C=C/C=C(/C(=O)O)[C@@H](O)[C@@H](C)C[C@H](C)C[C@H](C)C[C@H](C)[C@@H](O[Si](C)(C)C(C)(C)C)CC(=O)O2)cc1. The summed E-state index contributed by atoms with van der Waals surface area (Å²) in [6, 6.07) is 7.87. The molecule has 0 unspecified atom stereocenters. The Balaban J connectivity index is 1.90. The molecule has 1 aromatic rings. The first kappa shape index (κ1) is 42.9. The van der Waals surface area contributed by atoms with Crippen LogP contribution in [0.1, 0.15) is 105 Å². The number of carboxylic acids is 1. The maximum atomic E-state index is 14.0. The van der Waals surface area contributed by atoms with Gasteiger partial charge in [-0.2, -0.15) is 0 Å². The van der Waals surface area contributed by atoms with E-state index >= 15 is 0 Å². The Morgan fingerprint density at radius 3 is 2.24 bits per heavy atom. The number of methoxy groups -OCH3 is 1. The highest BCUT2D eigenvalue weighted by molar-refractivity contribution is 6.74. The zero-order valence-corrected chi connectivity index (χ0v) is 34.2. The number of rotatable bonds is 9. The zero-order chi connectivity index (χ0) is 37.9. The van der Waals surface area contributed by atoms with E-state index in [1.165, 1.54) is 6.08 Å². The molecule has 51 heavy (non-hydrogen) atoms. The molecule has 9 atom stereocenters. The molecule has 1 fully saturated rings. The van der Waals surface area contributed by atoms with Gasteiger partial charge in [-0.25, -0.2) is 4.79 Å². The molecule has 0 bridgehead atoms. The minimum atomic E-state index is -2.19. The molecule has 8 nitrogen and oxygen atoms in total. The Morgan fingerprint density at radius 1 is 0.980 bits per heavy atom. The maximum absolute atomic E-state index is 14.0. The monoisotopic (exact) mass is 728 g/mol. The van der Waals surface area contributed by atoms with Gasteiger partial charge in [-0.3, -0.25) is 4.79 Å². The van der Waals surface area contributed by atoms with Crippen molar-refractivity contribution in [2.24, 2.45) is 35.5 Å². The van der Waals surface area contributed by atoms with Crippen LogP contribution in [-0.4, -0.2) is 62.5 Å². The third-order valence-electron chi connectivity index (χ3n) is 11.7. The molecule has 2 N–H and O–H groups in total. The lowest BCUT2D eigenvalue weighted by molar-refractivity contribution is -0.155. The third-order valence-corrected chi connectivity index (χ3v) is 16.2. The second-order valence-electron chi connectivity index (χ2n) is 17.3. The predicted molar refractivity (Wildman–Crippen MR) is 206 cm³/mol. The molecule has 1 aliphatic carbocycles. The Bertz CT molecular complexity index is 1300. The van der Waals surface area contributed by atoms with Crippen molar-refractivity contribution in [1.82, 2.24) is 0 Å². The van der Waals surface area contributed by atoms with E-state index in [9.17, 15) is 19.8 Å². The number of allylic oxidation sites excluding steroid dienone is 2. The van der Waals surface area contributed by atoms with Gasteiger partial charge in [-0.15, -0.1) is 0 Å².